The second-order valence-corrected chi connectivity index (χ2v) is 11.7. The van der Waals surface area contributed by atoms with E-state index in [2.05, 4.69) is 32.6 Å². The zero-order valence-corrected chi connectivity index (χ0v) is 18.6. The number of anilines is 1. The van der Waals surface area contributed by atoms with Crippen LogP contribution in [0.2, 0.25) is 4.47 Å². The van der Waals surface area contributed by atoms with Crippen LogP contribution in [0.25, 0.3) is 0 Å². The van der Waals surface area contributed by atoms with Crippen molar-refractivity contribution in [3.63, 3.8) is 0 Å². The third kappa shape index (κ3) is 6.31. The summed E-state index contributed by atoms with van der Waals surface area (Å²) in [6, 6.07) is 3.84. The maximum atomic E-state index is 12.2. The molecule has 0 bridgehead atoms. The van der Waals surface area contributed by atoms with Crippen LogP contribution >= 0.6 is 45.5 Å². The summed E-state index contributed by atoms with van der Waals surface area (Å²) in [5, 5.41) is 0. The van der Waals surface area contributed by atoms with Gasteiger partial charge in [0.15, 0.2) is 0 Å². The molecule has 0 spiro atoms. The summed E-state index contributed by atoms with van der Waals surface area (Å²) >= 11 is 8.92. The van der Waals surface area contributed by atoms with Crippen molar-refractivity contribution in [1.29, 1.82) is 0 Å². The van der Waals surface area contributed by atoms with E-state index in [4.69, 9.17) is 16.3 Å². The predicted octanol–water partition coefficient (Wildman–Crippen LogP) is 0.818. The molecule has 2 rings (SSSR count). The molecule has 0 aliphatic heterocycles. The quantitative estimate of drug-likeness (QED) is 0.299. The monoisotopic (exact) mass is 578 g/mol. The molecular formula is C14H15ClI2N3O2S-. The Morgan fingerprint density at radius 1 is 1.48 bits per heavy atom. The second-order valence-electron chi connectivity index (χ2n) is 5.42. The Hall–Kier alpha value is -0.200. The zero-order valence-electron chi connectivity index (χ0n) is 12.7. The predicted molar refractivity (Wildman–Crippen MR) is 96.0 cm³/mol. The number of halogens is 3. The summed E-state index contributed by atoms with van der Waals surface area (Å²) in [6.45, 7) is 5.74. The summed E-state index contributed by atoms with van der Waals surface area (Å²) in [7, 11) is 0. The number of pyridine rings is 1. The first-order valence-corrected chi connectivity index (χ1v) is 10.9. The second kappa shape index (κ2) is 8.26. The van der Waals surface area contributed by atoms with Crippen LogP contribution < -0.4 is 24.6 Å². The van der Waals surface area contributed by atoms with Crippen molar-refractivity contribution in [2.75, 3.05) is 9.66 Å². The Balaban J connectivity index is 2.21. The molecule has 2 heterocycles. The Kier molecular flexibility index (Phi) is 6.87. The van der Waals surface area contributed by atoms with Crippen LogP contribution in [0.5, 0.6) is 0 Å². The molecule has 23 heavy (non-hydrogen) atoms. The number of hydrogen-bond donors (Lipinski definition) is 0. The van der Waals surface area contributed by atoms with Crippen LogP contribution in [0.15, 0.2) is 24.5 Å². The summed E-state index contributed by atoms with van der Waals surface area (Å²) < 4.78 is 9.99. The summed E-state index contributed by atoms with van der Waals surface area (Å²) in [5.74, 6) is 0.519. The molecule has 0 aliphatic carbocycles. The van der Waals surface area contributed by atoms with Crippen molar-refractivity contribution in [2.45, 2.75) is 26.4 Å². The van der Waals surface area contributed by atoms with Crippen LogP contribution in [-0.4, -0.2) is 28.1 Å². The number of carbonyl (C=O) groups is 1. The molecule has 0 fully saturated rings. The van der Waals surface area contributed by atoms with E-state index in [1.54, 1.807) is 12.4 Å². The van der Waals surface area contributed by atoms with Crippen molar-refractivity contribution in [2.24, 2.45) is 0 Å². The van der Waals surface area contributed by atoms with Gasteiger partial charge in [-0.3, -0.25) is 0 Å². The number of aromatic nitrogens is 2. The summed E-state index contributed by atoms with van der Waals surface area (Å²) in [4.78, 5) is 20.7. The molecule has 9 heteroatoms. The maximum absolute atomic E-state index is 12.2. The molecule has 0 aliphatic rings. The van der Waals surface area contributed by atoms with E-state index in [0.29, 0.717) is 4.47 Å². The summed E-state index contributed by atoms with van der Waals surface area (Å²) in [5.41, 5.74) is -0.508. The Morgan fingerprint density at radius 3 is 2.78 bits per heavy atom. The molecule has 0 radical (unpaired) electrons. The normalized spacial score (nSPS) is 11.5. The molecule has 2 aromatic heterocycles. The number of esters is 1. The fraction of sp³-hybridized carbons (Fsp3) is 0.357. The van der Waals surface area contributed by atoms with E-state index in [1.807, 2.05) is 36.0 Å². The van der Waals surface area contributed by atoms with Gasteiger partial charge in [-0.1, -0.05) is 0 Å². The van der Waals surface area contributed by atoms with E-state index < -0.39 is 27.1 Å². The molecule has 0 saturated carbocycles. The van der Waals surface area contributed by atoms with Gasteiger partial charge in [-0.05, 0) is 0 Å². The van der Waals surface area contributed by atoms with Crippen LogP contribution in [-0.2, 0) is 9.53 Å². The van der Waals surface area contributed by atoms with Gasteiger partial charge >= 0.3 is 170 Å². The fourth-order valence-corrected chi connectivity index (χ4v) is 7.14. The molecule has 0 unspecified atom stereocenters. The average Bonchev–Trinajstić information content (AvgIpc) is 2.82. The molecule has 126 valence electrons. The van der Waals surface area contributed by atoms with Crippen molar-refractivity contribution < 1.29 is 31.0 Å². The fourth-order valence-electron chi connectivity index (χ4n) is 1.56. The third-order valence-electron chi connectivity index (χ3n) is 2.29. The zero-order chi connectivity index (χ0) is 17.0. The Labute approximate surface area is 168 Å². The number of carbonyl (C=O) groups excluding carboxylic acids is 1. The van der Waals surface area contributed by atoms with Gasteiger partial charge < -0.3 is 0 Å². The van der Waals surface area contributed by atoms with Gasteiger partial charge in [-0.2, -0.15) is 0 Å². The molecule has 0 N–H and O–H groups in total. The molecule has 0 atom stereocenters. The molecule has 0 amide bonds. The number of hydrogen-bond acceptors (Lipinski definition) is 6. The van der Waals surface area contributed by atoms with E-state index >= 15 is 0 Å². The average molecular weight is 579 g/mol. The van der Waals surface area contributed by atoms with Crippen molar-refractivity contribution in [3.8, 4) is 0 Å². The first-order chi connectivity index (χ1) is 10.7. The summed E-state index contributed by atoms with van der Waals surface area (Å²) in [6.07, 6.45) is 3.49. The van der Waals surface area contributed by atoms with E-state index in [-0.39, 0.29) is 12.5 Å². The SMILES string of the molecule is CC(C)(C)OC(=O)CN([I-]c1cnc(Cl)s1)c1ncccc1I. The van der Waals surface area contributed by atoms with E-state index in [0.717, 1.165) is 12.3 Å². The van der Waals surface area contributed by atoms with Crippen LogP contribution in [0.1, 0.15) is 20.8 Å². The minimum atomic E-state index is -0.653. The van der Waals surface area contributed by atoms with Gasteiger partial charge in [0, 0.05) is 0 Å². The number of rotatable bonds is 5. The first kappa shape index (κ1) is 19.1. The topological polar surface area (TPSA) is 55.3 Å². The van der Waals surface area contributed by atoms with E-state index in [1.165, 1.54) is 11.3 Å². The van der Waals surface area contributed by atoms with Gasteiger partial charge in [0.25, 0.3) is 0 Å². The standard InChI is InChI=1S/C14H15ClI2N3O2S/c1-14(2,3)22-11(21)8-20(12-9(16)5-4-6-18-12)17-10-7-19-13(15)23-10/h4-7H,8H2,1-3H3/q-1. The number of ether oxygens (including phenoxy) is 1. The first-order valence-electron chi connectivity index (χ1n) is 6.61. The minimum absolute atomic E-state index is 0.160. The number of nitrogens with zero attached hydrogens (tertiary/aromatic N) is 3. The molecule has 5 nitrogen and oxygen atoms in total. The van der Waals surface area contributed by atoms with Crippen LogP contribution in [0.3, 0.4) is 0 Å². The third-order valence-corrected chi connectivity index (χ3v) is 7.29. The van der Waals surface area contributed by atoms with E-state index in [9.17, 15) is 4.79 Å². The molecule has 2 aromatic rings. The number of thiazole rings is 1. The van der Waals surface area contributed by atoms with Crippen molar-refractivity contribution in [3.05, 3.63) is 35.4 Å². The molecule has 0 saturated heterocycles. The van der Waals surface area contributed by atoms with Gasteiger partial charge in [-0.25, -0.2) is 0 Å². The van der Waals surface area contributed by atoms with Crippen LogP contribution in [0, 0.1) is 6.45 Å². The van der Waals surface area contributed by atoms with Crippen LogP contribution in [0.4, 0.5) is 5.82 Å². The van der Waals surface area contributed by atoms with Crippen molar-refractivity contribution >= 4 is 57.3 Å². The van der Waals surface area contributed by atoms with Crippen molar-refractivity contribution in [1.82, 2.24) is 9.97 Å². The van der Waals surface area contributed by atoms with Gasteiger partial charge in [0.1, 0.15) is 0 Å². The molecule has 0 aromatic carbocycles. The van der Waals surface area contributed by atoms with Gasteiger partial charge in [-0.15, -0.1) is 0 Å². The molecular weight excluding hydrogens is 564 g/mol. The Morgan fingerprint density at radius 2 is 2.22 bits per heavy atom. The van der Waals surface area contributed by atoms with Gasteiger partial charge in [0.05, 0.1) is 0 Å². The van der Waals surface area contributed by atoms with Gasteiger partial charge in [0.2, 0.25) is 0 Å². The Bertz CT molecular complexity index is 691.